The van der Waals surface area contributed by atoms with Crippen molar-refractivity contribution < 1.29 is 8.42 Å². The molecule has 4 fully saturated rings. The SMILES string of the molecule is Cc1cc(S(=O)(=O)NC2C3CC4CC(C3)CC2C4)c(C)cc1Cl. The summed E-state index contributed by atoms with van der Waals surface area (Å²) < 4.78 is 29.0. The van der Waals surface area contributed by atoms with Crippen molar-refractivity contribution >= 4 is 21.6 Å². The molecule has 5 heteroatoms. The van der Waals surface area contributed by atoms with Crippen molar-refractivity contribution in [1.82, 2.24) is 4.72 Å². The number of halogens is 1. The van der Waals surface area contributed by atoms with E-state index in [1.807, 2.05) is 13.8 Å². The van der Waals surface area contributed by atoms with Crippen LogP contribution in [0, 0.1) is 37.5 Å². The Morgan fingerprint density at radius 2 is 1.52 bits per heavy atom. The number of rotatable bonds is 3. The molecule has 0 aliphatic heterocycles. The Balaban J connectivity index is 1.62. The third-order valence-corrected chi connectivity index (χ3v) is 8.27. The van der Waals surface area contributed by atoms with E-state index in [-0.39, 0.29) is 6.04 Å². The maximum Gasteiger partial charge on any atom is 0.241 e. The highest BCUT2D eigenvalue weighted by molar-refractivity contribution is 7.89. The first kappa shape index (κ1) is 15.9. The molecule has 4 saturated carbocycles. The Labute approximate surface area is 143 Å². The van der Waals surface area contributed by atoms with Gasteiger partial charge in [-0.25, -0.2) is 13.1 Å². The number of sulfonamides is 1. The molecule has 0 atom stereocenters. The van der Waals surface area contributed by atoms with Crippen LogP contribution in [0.5, 0.6) is 0 Å². The second-order valence-electron chi connectivity index (χ2n) is 7.94. The van der Waals surface area contributed by atoms with E-state index in [1.165, 1.54) is 32.1 Å². The number of aryl methyl sites for hydroxylation is 2. The van der Waals surface area contributed by atoms with Gasteiger partial charge in [0.25, 0.3) is 0 Å². The van der Waals surface area contributed by atoms with Gasteiger partial charge in [0.2, 0.25) is 10.0 Å². The molecule has 0 amide bonds. The molecule has 23 heavy (non-hydrogen) atoms. The van der Waals surface area contributed by atoms with Gasteiger partial charge in [0.15, 0.2) is 0 Å². The van der Waals surface area contributed by atoms with Gasteiger partial charge in [0, 0.05) is 11.1 Å². The van der Waals surface area contributed by atoms with Gasteiger partial charge in [0.05, 0.1) is 4.90 Å². The van der Waals surface area contributed by atoms with E-state index in [1.54, 1.807) is 12.1 Å². The molecular formula is C18H24ClNO2S. The van der Waals surface area contributed by atoms with Crippen molar-refractivity contribution in [3.8, 4) is 0 Å². The van der Waals surface area contributed by atoms with Gasteiger partial charge >= 0.3 is 0 Å². The first-order valence-electron chi connectivity index (χ1n) is 8.62. The predicted octanol–water partition coefficient (Wildman–Crippen LogP) is 4.06. The summed E-state index contributed by atoms with van der Waals surface area (Å²) in [5.74, 6) is 2.76. The normalized spacial score (nSPS) is 35.7. The Morgan fingerprint density at radius 3 is 2.09 bits per heavy atom. The second-order valence-corrected chi connectivity index (χ2v) is 10.0. The Bertz CT molecular complexity index is 716. The number of hydrogen-bond acceptors (Lipinski definition) is 2. The molecule has 4 bridgehead atoms. The largest absolute Gasteiger partial charge is 0.241 e. The minimum Gasteiger partial charge on any atom is -0.208 e. The molecule has 126 valence electrons. The van der Waals surface area contributed by atoms with Gasteiger partial charge in [-0.05, 0) is 92.9 Å². The van der Waals surface area contributed by atoms with Crippen molar-refractivity contribution in [3.63, 3.8) is 0 Å². The van der Waals surface area contributed by atoms with E-state index >= 15 is 0 Å². The first-order valence-corrected chi connectivity index (χ1v) is 10.5. The van der Waals surface area contributed by atoms with Crippen LogP contribution in [0.25, 0.3) is 0 Å². The van der Waals surface area contributed by atoms with Crippen molar-refractivity contribution in [1.29, 1.82) is 0 Å². The standard InChI is InChI=1S/C18H24ClNO2S/c1-10-4-17(11(2)3-16(10)19)23(21,22)20-18-14-6-12-5-13(8-14)9-15(18)7-12/h3-4,12-15,18,20H,5-9H2,1-2H3. The smallest absolute Gasteiger partial charge is 0.208 e. The summed E-state index contributed by atoms with van der Waals surface area (Å²) in [5, 5.41) is 0.621. The zero-order valence-corrected chi connectivity index (χ0v) is 15.3. The molecule has 4 aliphatic rings. The monoisotopic (exact) mass is 353 g/mol. The van der Waals surface area contributed by atoms with Crippen LogP contribution in [0.1, 0.15) is 43.2 Å². The van der Waals surface area contributed by atoms with Crippen molar-refractivity contribution in [2.45, 2.75) is 56.9 Å². The van der Waals surface area contributed by atoms with Gasteiger partial charge in [-0.2, -0.15) is 0 Å². The van der Waals surface area contributed by atoms with Gasteiger partial charge in [-0.3, -0.25) is 0 Å². The van der Waals surface area contributed by atoms with E-state index in [0.29, 0.717) is 21.8 Å². The van der Waals surface area contributed by atoms with Crippen LogP contribution >= 0.6 is 11.6 Å². The molecule has 0 heterocycles. The minimum atomic E-state index is -3.48. The molecule has 5 rings (SSSR count). The number of nitrogens with one attached hydrogen (secondary N) is 1. The van der Waals surface area contributed by atoms with Gasteiger partial charge < -0.3 is 0 Å². The zero-order valence-electron chi connectivity index (χ0n) is 13.7. The first-order chi connectivity index (χ1) is 10.8. The van der Waals surface area contributed by atoms with E-state index in [2.05, 4.69) is 4.72 Å². The second kappa shape index (κ2) is 5.47. The van der Waals surface area contributed by atoms with E-state index in [4.69, 9.17) is 11.6 Å². The third kappa shape index (κ3) is 2.73. The van der Waals surface area contributed by atoms with Crippen molar-refractivity contribution in [2.24, 2.45) is 23.7 Å². The van der Waals surface area contributed by atoms with Gasteiger partial charge in [0.1, 0.15) is 0 Å². The molecule has 0 radical (unpaired) electrons. The van der Waals surface area contributed by atoms with Crippen molar-refractivity contribution in [2.75, 3.05) is 0 Å². The molecule has 0 aromatic heterocycles. The Morgan fingerprint density at radius 1 is 0.957 bits per heavy atom. The maximum absolute atomic E-state index is 13.0. The fourth-order valence-electron chi connectivity index (χ4n) is 5.40. The predicted molar refractivity (Wildman–Crippen MR) is 92.1 cm³/mol. The van der Waals surface area contributed by atoms with Crippen LogP contribution in [-0.4, -0.2) is 14.5 Å². The van der Waals surface area contributed by atoms with Crippen LogP contribution in [0.3, 0.4) is 0 Å². The molecule has 1 aromatic carbocycles. The van der Waals surface area contributed by atoms with Crippen LogP contribution in [0.15, 0.2) is 17.0 Å². The summed E-state index contributed by atoms with van der Waals surface area (Å²) in [6.07, 6.45) is 6.21. The molecule has 1 aromatic rings. The maximum atomic E-state index is 13.0. The van der Waals surface area contributed by atoms with Gasteiger partial charge in [-0.1, -0.05) is 11.6 Å². The lowest BCUT2D eigenvalue weighted by atomic mass is 9.54. The molecule has 0 spiro atoms. The van der Waals surface area contributed by atoms with E-state index in [0.717, 1.165) is 23.0 Å². The number of hydrogen-bond donors (Lipinski definition) is 1. The fraction of sp³-hybridized carbons (Fsp3) is 0.667. The topological polar surface area (TPSA) is 46.2 Å². The summed E-state index contributed by atoms with van der Waals surface area (Å²) in [4.78, 5) is 0.383. The Kier molecular flexibility index (Phi) is 3.78. The zero-order chi connectivity index (χ0) is 16.4. The van der Waals surface area contributed by atoms with Crippen LogP contribution in [0.2, 0.25) is 5.02 Å². The summed E-state index contributed by atoms with van der Waals surface area (Å²) in [6, 6.07) is 3.58. The molecule has 3 nitrogen and oxygen atoms in total. The highest BCUT2D eigenvalue weighted by Gasteiger charge is 2.49. The summed E-state index contributed by atoms with van der Waals surface area (Å²) in [6.45, 7) is 3.67. The molecule has 0 unspecified atom stereocenters. The van der Waals surface area contributed by atoms with Gasteiger partial charge in [-0.15, -0.1) is 0 Å². The van der Waals surface area contributed by atoms with E-state index < -0.39 is 10.0 Å². The lowest BCUT2D eigenvalue weighted by Gasteiger charge is -2.54. The third-order valence-electron chi connectivity index (χ3n) is 6.26. The average Bonchev–Trinajstić information content (AvgIpc) is 2.46. The average molecular weight is 354 g/mol. The fourth-order valence-corrected chi connectivity index (χ4v) is 7.31. The summed E-state index contributed by atoms with van der Waals surface area (Å²) in [7, 11) is -3.48. The lowest BCUT2D eigenvalue weighted by molar-refractivity contribution is -0.00558. The highest BCUT2D eigenvalue weighted by atomic mass is 35.5. The van der Waals surface area contributed by atoms with Crippen LogP contribution in [-0.2, 0) is 10.0 Å². The van der Waals surface area contributed by atoms with Crippen molar-refractivity contribution in [3.05, 3.63) is 28.3 Å². The van der Waals surface area contributed by atoms with Crippen LogP contribution < -0.4 is 4.72 Å². The summed E-state index contributed by atoms with van der Waals surface area (Å²) >= 11 is 6.11. The molecule has 0 saturated heterocycles. The quantitative estimate of drug-likeness (QED) is 0.890. The lowest BCUT2D eigenvalue weighted by Crippen LogP contribution is -2.55. The minimum absolute atomic E-state index is 0.128. The number of benzene rings is 1. The molecule has 1 N–H and O–H groups in total. The molecular weight excluding hydrogens is 330 g/mol. The van der Waals surface area contributed by atoms with E-state index in [9.17, 15) is 8.42 Å². The molecule has 4 aliphatic carbocycles. The highest BCUT2D eigenvalue weighted by Crippen LogP contribution is 2.54. The Hall–Kier alpha value is -0.580. The van der Waals surface area contributed by atoms with Crippen LogP contribution in [0.4, 0.5) is 0 Å². The summed E-state index contributed by atoms with van der Waals surface area (Å²) in [5.41, 5.74) is 1.53.